The highest BCUT2D eigenvalue weighted by Gasteiger charge is 2.38. The van der Waals surface area contributed by atoms with Crippen LogP contribution in [0.25, 0.3) is 0 Å². The number of hydrogen-bond donors (Lipinski definition) is 0. The lowest BCUT2D eigenvalue weighted by Gasteiger charge is -2.33. The zero-order valence-electron chi connectivity index (χ0n) is 11.1. The van der Waals surface area contributed by atoms with Crippen molar-refractivity contribution < 1.29 is 9.47 Å². The molecule has 0 aromatic heterocycles. The van der Waals surface area contributed by atoms with Crippen molar-refractivity contribution in [2.45, 2.75) is 43.6 Å². The zero-order valence-corrected chi connectivity index (χ0v) is 11.1. The molecule has 2 aliphatic rings. The molecule has 1 aromatic carbocycles. The first-order valence-corrected chi connectivity index (χ1v) is 7.09. The molecule has 100 valence electrons. The first-order chi connectivity index (χ1) is 9.34. The van der Waals surface area contributed by atoms with Crippen molar-refractivity contribution in [3.05, 3.63) is 29.8 Å². The predicted octanol–water partition coefficient (Wildman–Crippen LogP) is 3.19. The summed E-state index contributed by atoms with van der Waals surface area (Å²) in [5.41, 5.74) is 0.669. The molecule has 2 unspecified atom stereocenters. The highest BCUT2D eigenvalue weighted by molar-refractivity contribution is 5.45. The third-order valence-electron chi connectivity index (χ3n) is 4.32. The van der Waals surface area contributed by atoms with Crippen LogP contribution in [0.2, 0.25) is 0 Å². The normalized spacial score (nSPS) is 29.3. The van der Waals surface area contributed by atoms with Gasteiger partial charge in [0.1, 0.15) is 5.75 Å². The van der Waals surface area contributed by atoms with Crippen molar-refractivity contribution in [3.63, 3.8) is 0 Å². The van der Waals surface area contributed by atoms with Gasteiger partial charge in [0.15, 0.2) is 0 Å². The van der Waals surface area contributed by atoms with E-state index in [4.69, 9.17) is 9.47 Å². The van der Waals surface area contributed by atoms with Gasteiger partial charge in [-0.05, 0) is 31.7 Å². The van der Waals surface area contributed by atoms with Crippen molar-refractivity contribution in [2.75, 3.05) is 13.2 Å². The van der Waals surface area contributed by atoms with Crippen LogP contribution in [-0.2, 0) is 10.2 Å². The smallest absolute Gasteiger partial charge is 0.124 e. The first-order valence-electron chi connectivity index (χ1n) is 7.09. The zero-order chi connectivity index (χ0) is 13.1. The lowest BCUT2D eigenvalue weighted by Crippen LogP contribution is -2.32. The van der Waals surface area contributed by atoms with E-state index in [-0.39, 0.29) is 5.41 Å². The number of fused-ring (bicyclic) bond motifs is 1. The highest BCUT2D eigenvalue weighted by Crippen LogP contribution is 2.42. The summed E-state index contributed by atoms with van der Waals surface area (Å²) in [5, 5.41) is 9.72. The van der Waals surface area contributed by atoms with Crippen LogP contribution in [0.5, 0.6) is 5.75 Å². The number of para-hydroxylation sites is 1. The monoisotopic (exact) mass is 257 g/mol. The van der Waals surface area contributed by atoms with E-state index in [2.05, 4.69) is 6.07 Å². The average molecular weight is 257 g/mol. The summed E-state index contributed by atoms with van der Waals surface area (Å²) in [6, 6.07) is 10.5. The van der Waals surface area contributed by atoms with Crippen LogP contribution >= 0.6 is 0 Å². The van der Waals surface area contributed by atoms with Crippen LogP contribution in [0.1, 0.15) is 37.7 Å². The van der Waals surface area contributed by atoms with Crippen molar-refractivity contribution >= 4 is 0 Å². The Kier molecular flexibility index (Phi) is 3.44. The van der Waals surface area contributed by atoms with Crippen LogP contribution in [0.4, 0.5) is 0 Å². The van der Waals surface area contributed by atoms with E-state index in [1.165, 1.54) is 0 Å². The molecule has 0 radical (unpaired) electrons. The number of benzene rings is 1. The molecule has 2 heterocycles. The maximum absolute atomic E-state index is 9.72. The standard InChI is InChI=1S/C16H19NO2/c17-12-16(8-7-13-4-3-10-18-13)9-11-19-15-6-2-1-5-14(15)16/h1-2,5-6,13H,3-4,7-11H2. The molecular formula is C16H19NO2. The number of nitriles is 1. The Morgan fingerprint density at radius 2 is 2.21 bits per heavy atom. The minimum Gasteiger partial charge on any atom is -0.493 e. The van der Waals surface area contributed by atoms with Gasteiger partial charge in [0.25, 0.3) is 0 Å². The van der Waals surface area contributed by atoms with E-state index in [1.807, 2.05) is 24.3 Å². The van der Waals surface area contributed by atoms with Gasteiger partial charge in [-0.25, -0.2) is 0 Å². The maximum Gasteiger partial charge on any atom is 0.124 e. The topological polar surface area (TPSA) is 42.2 Å². The molecule has 0 saturated carbocycles. The number of hydrogen-bond acceptors (Lipinski definition) is 3. The van der Waals surface area contributed by atoms with Crippen LogP contribution in [0.3, 0.4) is 0 Å². The summed E-state index contributed by atoms with van der Waals surface area (Å²) in [5.74, 6) is 0.877. The summed E-state index contributed by atoms with van der Waals surface area (Å²) in [7, 11) is 0. The van der Waals surface area contributed by atoms with Crippen LogP contribution < -0.4 is 4.74 Å². The molecule has 0 N–H and O–H groups in total. The van der Waals surface area contributed by atoms with Gasteiger partial charge in [-0.1, -0.05) is 18.2 Å². The molecule has 3 heteroatoms. The molecule has 19 heavy (non-hydrogen) atoms. The summed E-state index contributed by atoms with van der Waals surface area (Å²) in [6.45, 7) is 1.51. The Hall–Kier alpha value is -1.53. The van der Waals surface area contributed by atoms with Crippen molar-refractivity contribution in [1.82, 2.24) is 0 Å². The molecular weight excluding hydrogens is 238 g/mol. The second kappa shape index (κ2) is 5.22. The van der Waals surface area contributed by atoms with Gasteiger partial charge in [-0.15, -0.1) is 0 Å². The fraction of sp³-hybridized carbons (Fsp3) is 0.562. The first kappa shape index (κ1) is 12.5. The molecule has 1 saturated heterocycles. The summed E-state index contributed by atoms with van der Waals surface area (Å²) >= 11 is 0. The SMILES string of the molecule is N#CC1(CCC2CCCO2)CCOc2ccccc21. The van der Waals surface area contributed by atoms with Crippen molar-refractivity contribution in [3.8, 4) is 11.8 Å². The Morgan fingerprint density at radius 3 is 3.00 bits per heavy atom. The summed E-state index contributed by atoms with van der Waals surface area (Å²) in [4.78, 5) is 0. The molecule has 2 aliphatic heterocycles. The van der Waals surface area contributed by atoms with Gasteiger partial charge in [0, 0.05) is 18.6 Å². The summed E-state index contributed by atoms with van der Waals surface area (Å²) < 4.78 is 11.4. The number of nitrogens with zero attached hydrogens (tertiary/aromatic N) is 1. The second-order valence-corrected chi connectivity index (χ2v) is 5.46. The maximum atomic E-state index is 9.72. The predicted molar refractivity (Wildman–Crippen MR) is 72.1 cm³/mol. The van der Waals surface area contributed by atoms with E-state index in [1.54, 1.807) is 0 Å². The van der Waals surface area contributed by atoms with Gasteiger partial charge in [-0.3, -0.25) is 0 Å². The van der Waals surface area contributed by atoms with Crippen molar-refractivity contribution in [1.29, 1.82) is 5.26 Å². The molecule has 1 aromatic rings. The van der Waals surface area contributed by atoms with Gasteiger partial charge < -0.3 is 9.47 Å². The van der Waals surface area contributed by atoms with Crippen molar-refractivity contribution in [2.24, 2.45) is 0 Å². The number of rotatable bonds is 3. The van der Waals surface area contributed by atoms with Gasteiger partial charge >= 0.3 is 0 Å². The second-order valence-electron chi connectivity index (χ2n) is 5.46. The third kappa shape index (κ3) is 2.33. The van der Waals surface area contributed by atoms with E-state index < -0.39 is 0 Å². The van der Waals surface area contributed by atoms with Crippen LogP contribution in [-0.4, -0.2) is 19.3 Å². The number of ether oxygens (including phenoxy) is 2. The Bertz CT molecular complexity index is 488. The molecule has 0 bridgehead atoms. The Morgan fingerprint density at radius 1 is 1.32 bits per heavy atom. The molecule has 3 nitrogen and oxygen atoms in total. The van der Waals surface area contributed by atoms with E-state index in [9.17, 15) is 5.26 Å². The highest BCUT2D eigenvalue weighted by atomic mass is 16.5. The molecule has 0 aliphatic carbocycles. The fourth-order valence-electron chi connectivity index (χ4n) is 3.17. The average Bonchev–Trinajstić information content (AvgIpc) is 2.98. The van der Waals surface area contributed by atoms with Crippen LogP contribution in [0.15, 0.2) is 24.3 Å². The minimum atomic E-state index is -0.388. The largest absolute Gasteiger partial charge is 0.493 e. The Labute approximate surface area is 114 Å². The molecule has 0 amide bonds. The lowest BCUT2D eigenvalue weighted by atomic mass is 9.73. The van der Waals surface area contributed by atoms with E-state index >= 15 is 0 Å². The van der Waals surface area contributed by atoms with Gasteiger partial charge in [0.2, 0.25) is 0 Å². The quantitative estimate of drug-likeness (QED) is 0.835. The molecule has 2 atom stereocenters. The van der Waals surface area contributed by atoms with Gasteiger partial charge in [-0.2, -0.15) is 5.26 Å². The van der Waals surface area contributed by atoms with E-state index in [0.29, 0.717) is 12.7 Å². The molecule has 1 fully saturated rings. The minimum absolute atomic E-state index is 0.347. The van der Waals surface area contributed by atoms with Crippen LogP contribution in [0, 0.1) is 11.3 Å². The molecule has 0 spiro atoms. The lowest BCUT2D eigenvalue weighted by molar-refractivity contribution is 0.0952. The third-order valence-corrected chi connectivity index (χ3v) is 4.32. The molecule has 3 rings (SSSR count). The van der Waals surface area contributed by atoms with Gasteiger partial charge in [0.05, 0.1) is 24.2 Å². The Balaban J connectivity index is 1.81. The fourth-order valence-corrected chi connectivity index (χ4v) is 3.17. The van der Waals surface area contributed by atoms with E-state index in [0.717, 1.165) is 50.0 Å². The summed E-state index contributed by atoms with van der Waals surface area (Å²) in [6.07, 6.45) is 5.27.